The van der Waals surface area contributed by atoms with E-state index >= 15 is 0 Å². The molecule has 1 heterocycles. The monoisotopic (exact) mass is 525 g/mol. The minimum atomic E-state index is -3.55. The second kappa shape index (κ2) is 9.85. The first-order valence-corrected chi connectivity index (χ1v) is 12.9. The molecule has 0 unspecified atom stereocenters. The van der Waals surface area contributed by atoms with Gasteiger partial charge in [0.2, 0.25) is 0 Å². The molecule has 1 aliphatic heterocycles. The maximum Gasteiger partial charge on any atom is 0.329 e. The van der Waals surface area contributed by atoms with Crippen LogP contribution in [-0.4, -0.2) is 61.5 Å². The number of sulfone groups is 1. The number of imide groups is 1. The van der Waals surface area contributed by atoms with Crippen molar-refractivity contribution in [3.8, 4) is 0 Å². The molecule has 11 heteroatoms. The molecule has 0 N–H and O–H groups in total. The van der Waals surface area contributed by atoms with Crippen molar-refractivity contribution >= 4 is 56.6 Å². The molecule has 0 aromatic heterocycles. The Kier molecular flexibility index (Phi) is 7.50. The Morgan fingerprint density at radius 1 is 0.971 bits per heavy atom. The molecule has 1 aliphatic rings. The summed E-state index contributed by atoms with van der Waals surface area (Å²) in [6, 6.07) is 5.87. The van der Waals surface area contributed by atoms with E-state index in [1.165, 1.54) is 12.1 Å². The van der Waals surface area contributed by atoms with Crippen molar-refractivity contribution < 1.29 is 32.3 Å². The summed E-state index contributed by atoms with van der Waals surface area (Å²) >= 11 is 11.9. The summed E-state index contributed by atoms with van der Waals surface area (Å²) in [5.41, 5.74) is 2.06. The van der Waals surface area contributed by atoms with Crippen LogP contribution in [0.25, 0.3) is 0 Å². The van der Waals surface area contributed by atoms with Crippen LogP contribution in [-0.2, 0) is 19.4 Å². The smallest absolute Gasteiger partial charge is 0.329 e. The van der Waals surface area contributed by atoms with Crippen LogP contribution in [0.4, 0.5) is 0 Å². The lowest BCUT2D eigenvalue weighted by molar-refractivity contribution is -0.147. The van der Waals surface area contributed by atoms with Gasteiger partial charge in [0.25, 0.3) is 11.8 Å². The number of hydrogen-bond donors (Lipinski definition) is 0. The van der Waals surface area contributed by atoms with E-state index in [9.17, 15) is 27.6 Å². The predicted molar refractivity (Wildman–Crippen MR) is 126 cm³/mol. The van der Waals surface area contributed by atoms with E-state index in [1.54, 1.807) is 18.2 Å². The highest BCUT2D eigenvalue weighted by Gasteiger charge is 2.44. The molecule has 1 atom stereocenters. The second-order valence-corrected chi connectivity index (χ2v) is 11.1. The number of nitrogens with zero attached hydrogens (tertiary/aromatic N) is 1. The predicted octanol–water partition coefficient (Wildman–Crippen LogP) is 3.44. The van der Waals surface area contributed by atoms with E-state index in [1.807, 2.05) is 13.8 Å². The summed E-state index contributed by atoms with van der Waals surface area (Å²) in [6.45, 7) is 3.08. The van der Waals surface area contributed by atoms with Gasteiger partial charge in [-0.3, -0.25) is 19.3 Å². The first-order chi connectivity index (χ1) is 15.8. The number of aryl methyl sites for hydroxylation is 2. The number of benzene rings is 2. The zero-order valence-corrected chi connectivity index (χ0v) is 20.9. The van der Waals surface area contributed by atoms with Crippen molar-refractivity contribution in [3.63, 3.8) is 0 Å². The van der Waals surface area contributed by atoms with Crippen LogP contribution in [0.2, 0.25) is 10.0 Å². The highest BCUT2D eigenvalue weighted by molar-refractivity contribution is 7.90. The van der Waals surface area contributed by atoms with Gasteiger partial charge >= 0.3 is 5.97 Å². The highest BCUT2D eigenvalue weighted by atomic mass is 35.5. The lowest BCUT2D eigenvalue weighted by Crippen LogP contribution is -2.46. The molecule has 0 spiro atoms. The van der Waals surface area contributed by atoms with Gasteiger partial charge < -0.3 is 4.74 Å². The van der Waals surface area contributed by atoms with Crippen molar-refractivity contribution in [2.75, 3.05) is 18.6 Å². The maximum absolute atomic E-state index is 12.9. The maximum atomic E-state index is 12.9. The van der Waals surface area contributed by atoms with Gasteiger partial charge in [0.15, 0.2) is 12.4 Å². The van der Waals surface area contributed by atoms with Gasteiger partial charge in [-0.25, -0.2) is 13.2 Å². The van der Waals surface area contributed by atoms with Gasteiger partial charge in [-0.2, -0.15) is 0 Å². The van der Waals surface area contributed by atoms with Gasteiger partial charge in [-0.1, -0.05) is 35.3 Å². The van der Waals surface area contributed by atoms with E-state index in [-0.39, 0.29) is 21.2 Å². The number of rotatable bonds is 8. The molecule has 180 valence electrons. The lowest BCUT2D eigenvalue weighted by atomic mass is 10.0. The van der Waals surface area contributed by atoms with Crippen LogP contribution in [0.3, 0.4) is 0 Å². The van der Waals surface area contributed by atoms with E-state index in [0.29, 0.717) is 10.5 Å². The Bertz CT molecular complexity index is 1280. The Labute approximate surface area is 206 Å². The summed E-state index contributed by atoms with van der Waals surface area (Å²) in [7, 11) is -3.55. The average molecular weight is 526 g/mol. The van der Waals surface area contributed by atoms with Crippen LogP contribution in [0.5, 0.6) is 0 Å². The molecule has 34 heavy (non-hydrogen) atoms. The molecule has 2 aromatic carbocycles. The van der Waals surface area contributed by atoms with Crippen molar-refractivity contribution in [3.05, 3.63) is 68.2 Å². The van der Waals surface area contributed by atoms with E-state index < -0.39 is 58.2 Å². The Hall–Kier alpha value is -2.75. The highest BCUT2D eigenvalue weighted by Crippen LogP contribution is 2.33. The van der Waals surface area contributed by atoms with Crippen molar-refractivity contribution in [2.24, 2.45) is 0 Å². The second-order valence-electron chi connectivity index (χ2n) is 8.06. The standard InChI is InChI=1S/C23H21Cl2NO7S/c1-12-4-5-14(8-13(12)2)20(27)11-33-23(30)19(6-7-34(3,31)32)26-21(28)15-9-17(24)18(25)10-16(15)22(26)29/h4-5,8-10,19H,6-7,11H2,1-3H3/t19-/m0/s1. The van der Waals surface area contributed by atoms with Crippen molar-refractivity contribution in [1.29, 1.82) is 0 Å². The lowest BCUT2D eigenvalue weighted by Gasteiger charge is -2.24. The summed E-state index contributed by atoms with van der Waals surface area (Å²) in [5.74, 6) is -3.73. The number of halogens is 2. The molecule has 2 amide bonds. The van der Waals surface area contributed by atoms with Crippen molar-refractivity contribution in [2.45, 2.75) is 26.3 Å². The van der Waals surface area contributed by atoms with Gasteiger partial charge in [0.1, 0.15) is 15.9 Å². The van der Waals surface area contributed by atoms with Gasteiger partial charge in [-0.15, -0.1) is 0 Å². The molecule has 2 aromatic rings. The molecular formula is C23H21Cl2NO7S. The summed E-state index contributed by atoms with van der Waals surface area (Å²) in [5, 5.41) is 0.0790. The first-order valence-electron chi connectivity index (χ1n) is 10.1. The normalized spacial score (nSPS) is 14.2. The van der Waals surface area contributed by atoms with Gasteiger partial charge in [-0.05, 0) is 49.6 Å². The van der Waals surface area contributed by atoms with Gasteiger partial charge in [0, 0.05) is 11.8 Å². The minimum absolute atomic E-state index is 0.0395. The molecule has 0 bridgehead atoms. The largest absolute Gasteiger partial charge is 0.456 e. The zero-order chi connectivity index (χ0) is 25.4. The number of amides is 2. The van der Waals surface area contributed by atoms with Crippen LogP contribution in [0.15, 0.2) is 30.3 Å². The number of Topliss-reactive ketones (excluding diaryl/α,β-unsaturated/α-hetero) is 1. The quantitative estimate of drug-likeness (QED) is 0.294. The minimum Gasteiger partial charge on any atom is -0.456 e. The van der Waals surface area contributed by atoms with Crippen molar-refractivity contribution in [1.82, 2.24) is 4.90 Å². The average Bonchev–Trinajstić information content (AvgIpc) is 2.98. The fraction of sp³-hybridized carbons (Fsp3) is 0.304. The molecule has 8 nitrogen and oxygen atoms in total. The van der Waals surface area contributed by atoms with E-state index in [2.05, 4.69) is 0 Å². The summed E-state index contributed by atoms with van der Waals surface area (Å²) < 4.78 is 28.6. The first kappa shape index (κ1) is 25.9. The molecule has 0 aliphatic carbocycles. The summed E-state index contributed by atoms with van der Waals surface area (Å²) in [6.07, 6.45) is 0.559. The fourth-order valence-electron chi connectivity index (χ4n) is 3.44. The number of ether oxygens (including phenoxy) is 1. The molecular weight excluding hydrogens is 505 g/mol. The number of hydrogen-bond acceptors (Lipinski definition) is 7. The number of ketones is 1. The van der Waals surface area contributed by atoms with Crippen LogP contribution >= 0.6 is 23.2 Å². The molecule has 0 radical (unpaired) electrons. The topological polar surface area (TPSA) is 115 Å². The van der Waals surface area contributed by atoms with E-state index in [4.69, 9.17) is 27.9 Å². The summed E-state index contributed by atoms with van der Waals surface area (Å²) in [4.78, 5) is 51.9. The zero-order valence-electron chi connectivity index (χ0n) is 18.6. The number of carbonyl (C=O) groups is 4. The van der Waals surface area contributed by atoms with Crippen LogP contribution in [0.1, 0.15) is 48.6 Å². The molecule has 0 saturated heterocycles. The molecule has 3 rings (SSSR count). The Balaban J connectivity index is 1.85. The Morgan fingerprint density at radius 3 is 2.03 bits per heavy atom. The Morgan fingerprint density at radius 2 is 1.53 bits per heavy atom. The SMILES string of the molecule is Cc1ccc(C(=O)COC(=O)[C@H](CCS(C)(=O)=O)N2C(=O)c3cc(Cl)c(Cl)cc3C2=O)cc1C. The van der Waals surface area contributed by atoms with E-state index in [0.717, 1.165) is 17.4 Å². The molecule has 0 fully saturated rings. The van der Waals surface area contributed by atoms with Crippen LogP contribution in [0, 0.1) is 13.8 Å². The third-order valence-corrected chi connectivity index (χ3v) is 7.18. The van der Waals surface area contributed by atoms with Gasteiger partial charge in [0.05, 0.1) is 26.9 Å². The number of fused-ring (bicyclic) bond motifs is 1. The number of carbonyl (C=O) groups excluding carboxylic acids is 4. The van der Waals surface area contributed by atoms with Crippen LogP contribution < -0.4 is 0 Å². The molecule has 0 saturated carbocycles. The third-order valence-electron chi connectivity index (χ3n) is 5.48. The number of esters is 1. The third kappa shape index (κ3) is 5.48. The fourth-order valence-corrected chi connectivity index (χ4v) is 4.42.